The third-order valence-corrected chi connectivity index (χ3v) is 5.19. The highest BCUT2D eigenvalue weighted by atomic mass is 32.2. The van der Waals surface area contributed by atoms with Gasteiger partial charge in [0, 0.05) is 11.8 Å². The van der Waals surface area contributed by atoms with Crippen LogP contribution in [0.25, 0.3) is 0 Å². The molecule has 0 bridgehead atoms. The summed E-state index contributed by atoms with van der Waals surface area (Å²) in [6, 6.07) is 3.97. The minimum Gasteiger partial charge on any atom is -0.478 e. The molecule has 1 aromatic carbocycles. The lowest BCUT2D eigenvalue weighted by Gasteiger charge is -2.16. The maximum Gasteiger partial charge on any atom is 0.335 e. The lowest BCUT2D eigenvalue weighted by Crippen LogP contribution is -2.36. The summed E-state index contributed by atoms with van der Waals surface area (Å²) < 4.78 is 27.1. The lowest BCUT2D eigenvalue weighted by atomic mass is 10.1. The summed E-state index contributed by atoms with van der Waals surface area (Å²) in [6.07, 6.45) is 2.59. The van der Waals surface area contributed by atoms with Crippen molar-refractivity contribution < 1.29 is 18.3 Å². The van der Waals surface area contributed by atoms with Gasteiger partial charge in [0.2, 0.25) is 10.0 Å². The molecule has 0 aromatic heterocycles. The van der Waals surface area contributed by atoms with Crippen molar-refractivity contribution in [2.24, 2.45) is 0 Å². The molecule has 0 saturated heterocycles. The largest absolute Gasteiger partial charge is 0.478 e. The van der Waals surface area contributed by atoms with Crippen molar-refractivity contribution in [1.29, 1.82) is 0 Å². The van der Waals surface area contributed by atoms with Crippen molar-refractivity contribution in [3.8, 4) is 0 Å². The molecule has 20 heavy (non-hydrogen) atoms. The van der Waals surface area contributed by atoms with Crippen molar-refractivity contribution >= 4 is 27.8 Å². The fourth-order valence-corrected chi connectivity index (χ4v) is 3.89. The lowest BCUT2D eigenvalue weighted by molar-refractivity contribution is 0.0696. The zero-order valence-corrected chi connectivity index (χ0v) is 13.3. The number of carbonyl (C=O) groups is 1. The first-order valence-electron chi connectivity index (χ1n) is 6.17. The molecule has 1 aromatic rings. The molecule has 0 fully saturated rings. The fraction of sp³-hybridized carbons (Fsp3) is 0.462. The van der Waals surface area contributed by atoms with E-state index in [1.165, 1.54) is 18.2 Å². The van der Waals surface area contributed by atoms with E-state index in [1.54, 1.807) is 18.7 Å². The molecule has 0 aliphatic rings. The fourth-order valence-electron chi connectivity index (χ4n) is 1.72. The number of carboxylic acid groups (broad SMARTS) is 1. The van der Waals surface area contributed by atoms with Crippen LogP contribution in [-0.2, 0) is 10.0 Å². The smallest absolute Gasteiger partial charge is 0.335 e. The number of carboxylic acids is 1. The van der Waals surface area contributed by atoms with Crippen LogP contribution in [0.2, 0.25) is 0 Å². The molecule has 0 saturated carbocycles. The van der Waals surface area contributed by atoms with E-state index in [9.17, 15) is 13.2 Å². The number of thioether (sulfide) groups is 1. The van der Waals surface area contributed by atoms with E-state index in [0.717, 1.165) is 0 Å². The summed E-state index contributed by atoms with van der Waals surface area (Å²) in [4.78, 5) is 11.0. The predicted octanol–water partition coefficient (Wildman–Crippen LogP) is 2.11. The Bertz CT molecular complexity index is 584. The summed E-state index contributed by atoms with van der Waals surface area (Å²) in [5.74, 6) is -0.455. The highest BCUT2D eigenvalue weighted by Gasteiger charge is 2.20. The van der Waals surface area contributed by atoms with E-state index in [1.807, 2.05) is 13.2 Å². The number of aromatic carboxylic acids is 1. The Labute approximate surface area is 123 Å². The quantitative estimate of drug-likeness (QED) is 0.805. The molecule has 2 N–H and O–H groups in total. The number of hydrogen-bond acceptors (Lipinski definition) is 4. The summed E-state index contributed by atoms with van der Waals surface area (Å²) in [5.41, 5.74) is 0.540. The number of hydrogen-bond donors (Lipinski definition) is 2. The van der Waals surface area contributed by atoms with Gasteiger partial charge in [0.25, 0.3) is 0 Å². The maximum absolute atomic E-state index is 12.2. The second-order valence-corrected chi connectivity index (χ2v) is 7.09. The third-order valence-electron chi connectivity index (χ3n) is 2.93. The number of nitrogens with one attached hydrogen (secondary N) is 1. The van der Waals surface area contributed by atoms with Crippen LogP contribution in [0.1, 0.15) is 29.3 Å². The molecule has 112 valence electrons. The number of rotatable bonds is 7. The number of aryl methyl sites for hydroxylation is 1. The van der Waals surface area contributed by atoms with Crippen LogP contribution in [0.15, 0.2) is 23.1 Å². The minimum atomic E-state index is -3.69. The molecule has 1 unspecified atom stereocenters. The van der Waals surface area contributed by atoms with E-state index in [2.05, 4.69) is 4.72 Å². The van der Waals surface area contributed by atoms with E-state index in [4.69, 9.17) is 5.11 Å². The summed E-state index contributed by atoms with van der Waals surface area (Å²) in [5, 5.41) is 9.05. The van der Waals surface area contributed by atoms with E-state index >= 15 is 0 Å². The molecule has 0 heterocycles. The van der Waals surface area contributed by atoms with Crippen molar-refractivity contribution in [3.63, 3.8) is 0 Å². The SMILES string of the molecule is CCC(CSC)NS(=O)(=O)c1ccc(C)c(C(=O)O)c1. The third kappa shape index (κ3) is 4.22. The molecular formula is C13H19NO4S2. The standard InChI is InChI=1S/C13H19NO4S2/c1-4-10(8-19-3)14-20(17,18)11-6-5-9(2)12(7-11)13(15)16/h5-7,10,14H,4,8H2,1-3H3,(H,15,16). The van der Waals surface area contributed by atoms with Crippen LogP contribution in [0.3, 0.4) is 0 Å². The summed E-state index contributed by atoms with van der Waals surface area (Å²) >= 11 is 1.56. The predicted molar refractivity (Wildman–Crippen MR) is 80.9 cm³/mol. The minimum absolute atomic E-state index is 0.00536. The zero-order valence-electron chi connectivity index (χ0n) is 11.7. The molecule has 0 amide bonds. The normalized spacial score (nSPS) is 13.2. The van der Waals surface area contributed by atoms with Gasteiger partial charge in [0.15, 0.2) is 0 Å². The number of benzene rings is 1. The Hall–Kier alpha value is -1.05. The van der Waals surface area contributed by atoms with Crippen LogP contribution >= 0.6 is 11.8 Å². The molecule has 0 spiro atoms. The van der Waals surface area contributed by atoms with E-state index < -0.39 is 16.0 Å². The summed E-state index contributed by atoms with van der Waals surface area (Å²) in [6.45, 7) is 3.54. The van der Waals surface area contributed by atoms with Crippen LogP contribution < -0.4 is 4.72 Å². The number of sulfonamides is 1. The van der Waals surface area contributed by atoms with Gasteiger partial charge in [-0.15, -0.1) is 0 Å². The first kappa shape index (κ1) is 17.0. The van der Waals surface area contributed by atoms with Gasteiger partial charge < -0.3 is 5.11 Å². The zero-order chi connectivity index (χ0) is 15.3. The molecule has 0 radical (unpaired) electrons. The second-order valence-electron chi connectivity index (χ2n) is 4.46. The Kier molecular flexibility index (Phi) is 6.04. The van der Waals surface area contributed by atoms with Gasteiger partial charge in [-0.3, -0.25) is 0 Å². The molecule has 0 aliphatic heterocycles. The molecule has 1 rings (SSSR count). The van der Waals surface area contributed by atoms with Gasteiger partial charge in [-0.25, -0.2) is 17.9 Å². The summed E-state index contributed by atoms with van der Waals surface area (Å²) in [7, 11) is -3.69. The highest BCUT2D eigenvalue weighted by Crippen LogP contribution is 2.17. The average Bonchev–Trinajstić information content (AvgIpc) is 2.37. The molecular weight excluding hydrogens is 298 g/mol. The monoisotopic (exact) mass is 317 g/mol. The van der Waals surface area contributed by atoms with Crippen molar-refractivity contribution in [2.75, 3.05) is 12.0 Å². The van der Waals surface area contributed by atoms with Crippen LogP contribution in [0.4, 0.5) is 0 Å². The Morgan fingerprint density at radius 3 is 2.60 bits per heavy atom. The van der Waals surface area contributed by atoms with Crippen LogP contribution in [-0.4, -0.2) is 37.5 Å². The second kappa shape index (κ2) is 7.10. The van der Waals surface area contributed by atoms with E-state index in [-0.39, 0.29) is 16.5 Å². The van der Waals surface area contributed by atoms with Crippen LogP contribution in [0, 0.1) is 6.92 Å². The molecule has 7 heteroatoms. The average molecular weight is 317 g/mol. The van der Waals surface area contributed by atoms with Gasteiger partial charge >= 0.3 is 5.97 Å². The Morgan fingerprint density at radius 2 is 2.10 bits per heavy atom. The maximum atomic E-state index is 12.2. The first-order chi connectivity index (χ1) is 9.31. The Balaban J connectivity index is 3.09. The Morgan fingerprint density at radius 1 is 1.45 bits per heavy atom. The van der Waals surface area contributed by atoms with Crippen molar-refractivity contribution in [2.45, 2.75) is 31.2 Å². The molecule has 1 atom stereocenters. The van der Waals surface area contributed by atoms with Crippen LogP contribution in [0.5, 0.6) is 0 Å². The van der Waals surface area contributed by atoms with Crippen molar-refractivity contribution in [1.82, 2.24) is 4.72 Å². The van der Waals surface area contributed by atoms with Gasteiger partial charge in [-0.1, -0.05) is 13.0 Å². The van der Waals surface area contributed by atoms with Gasteiger partial charge in [-0.05, 0) is 37.3 Å². The topological polar surface area (TPSA) is 83.5 Å². The molecule has 5 nitrogen and oxygen atoms in total. The van der Waals surface area contributed by atoms with Gasteiger partial charge in [0.1, 0.15) is 0 Å². The first-order valence-corrected chi connectivity index (χ1v) is 9.04. The highest BCUT2D eigenvalue weighted by molar-refractivity contribution is 7.98. The van der Waals surface area contributed by atoms with Crippen molar-refractivity contribution in [3.05, 3.63) is 29.3 Å². The van der Waals surface area contributed by atoms with Gasteiger partial charge in [0.05, 0.1) is 10.5 Å². The van der Waals surface area contributed by atoms with Gasteiger partial charge in [-0.2, -0.15) is 11.8 Å². The molecule has 0 aliphatic carbocycles. The van der Waals surface area contributed by atoms with E-state index in [0.29, 0.717) is 17.7 Å².